The second kappa shape index (κ2) is 3.39. The molecule has 2 nitrogen and oxygen atoms in total. The molecule has 1 aliphatic carbocycles. The Morgan fingerprint density at radius 3 is 2.93 bits per heavy atom. The first-order chi connectivity index (χ1) is 6.76. The molecule has 0 bridgehead atoms. The first-order valence-electron chi connectivity index (χ1n) is 4.66. The first kappa shape index (κ1) is 9.17. The summed E-state index contributed by atoms with van der Waals surface area (Å²) in [5, 5.41) is 8.65. The highest BCUT2D eigenvalue weighted by Crippen LogP contribution is 2.46. The molecule has 1 saturated carbocycles. The van der Waals surface area contributed by atoms with Crippen LogP contribution in [-0.2, 0) is 0 Å². The fourth-order valence-electron chi connectivity index (χ4n) is 1.78. The summed E-state index contributed by atoms with van der Waals surface area (Å²) in [5.41, 5.74) is 6.69. The van der Waals surface area contributed by atoms with Crippen LogP contribution >= 0.6 is 0 Å². The molecule has 0 spiro atoms. The standard InChI is InChI=1S/C11H11FN2/c12-11-2-1-7(3-9(11)6-14)10-4-8(10)5-13/h1-3,8,10H,4-5,13H2/t8-,10-/m0/s1. The summed E-state index contributed by atoms with van der Waals surface area (Å²) in [5.74, 6) is 0.515. The number of benzene rings is 1. The van der Waals surface area contributed by atoms with Crippen molar-refractivity contribution in [2.24, 2.45) is 11.7 Å². The highest BCUT2D eigenvalue weighted by atomic mass is 19.1. The molecule has 3 heteroatoms. The molecule has 1 aromatic rings. The molecule has 2 N–H and O–H groups in total. The fraction of sp³-hybridized carbons (Fsp3) is 0.364. The van der Waals surface area contributed by atoms with Crippen molar-refractivity contribution in [3.05, 3.63) is 35.1 Å². The minimum absolute atomic E-state index is 0.130. The van der Waals surface area contributed by atoms with Crippen LogP contribution in [0, 0.1) is 23.1 Å². The topological polar surface area (TPSA) is 49.8 Å². The maximum Gasteiger partial charge on any atom is 0.140 e. The zero-order valence-corrected chi connectivity index (χ0v) is 7.70. The molecule has 1 aliphatic rings. The highest BCUT2D eigenvalue weighted by Gasteiger charge is 2.37. The largest absolute Gasteiger partial charge is 0.330 e. The first-order valence-corrected chi connectivity index (χ1v) is 4.66. The average Bonchev–Trinajstić information content (AvgIpc) is 2.98. The van der Waals surface area contributed by atoms with Crippen molar-refractivity contribution in [3.63, 3.8) is 0 Å². The Kier molecular flexibility index (Phi) is 2.22. The van der Waals surface area contributed by atoms with Gasteiger partial charge in [-0.1, -0.05) is 6.07 Å². The van der Waals surface area contributed by atoms with Crippen LogP contribution in [-0.4, -0.2) is 6.54 Å². The van der Waals surface area contributed by atoms with Crippen LogP contribution in [0.5, 0.6) is 0 Å². The summed E-state index contributed by atoms with van der Waals surface area (Å²) in [7, 11) is 0. The highest BCUT2D eigenvalue weighted by molar-refractivity contribution is 5.38. The summed E-state index contributed by atoms with van der Waals surface area (Å²) >= 11 is 0. The van der Waals surface area contributed by atoms with E-state index >= 15 is 0 Å². The van der Waals surface area contributed by atoms with Crippen molar-refractivity contribution < 1.29 is 4.39 Å². The third-order valence-corrected chi connectivity index (χ3v) is 2.76. The molecule has 0 radical (unpaired) electrons. The second-order valence-corrected chi connectivity index (χ2v) is 3.69. The Bertz CT molecular complexity index is 395. The fourth-order valence-corrected chi connectivity index (χ4v) is 1.78. The van der Waals surface area contributed by atoms with Gasteiger partial charge in [-0.05, 0) is 42.5 Å². The van der Waals surface area contributed by atoms with E-state index in [1.54, 1.807) is 12.1 Å². The minimum atomic E-state index is -0.443. The summed E-state index contributed by atoms with van der Waals surface area (Å²) in [6.07, 6.45) is 1.06. The molecular weight excluding hydrogens is 179 g/mol. The van der Waals surface area contributed by atoms with Gasteiger partial charge >= 0.3 is 0 Å². The van der Waals surface area contributed by atoms with Crippen LogP contribution in [0.2, 0.25) is 0 Å². The number of halogens is 1. The van der Waals surface area contributed by atoms with Crippen LogP contribution in [0.25, 0.3) is 0 Å². The summed E-state index contributed by atoms with van der Waals surface area (Å²) in [4.78, 5) is 0. The van der Waals surface area contributed by atoms with Crippen LogP contribution < -0.4 is 5.73 Å². The zero-order chi connectivity index (χ0) is 10.1. The van der Waals surface area contributed by atoms with E-state index < -0.39 is 5.82 Å². The van der Waals surface area contributed by atoms with Crippen LogP contribution in [0.4, 0.5) is 4.39 Å². The van der Waals surface area contributed by atoms with Crippen molar-refractivity contribution >= 4 is 0 Å². The third kappa shape index (κ3) is 1.49. The number of hydrogen-bond donors (Lipinski definition) is 1. The van der Waals surface area contributed by atoms with Crippen molar-refractivity contribution in [1.82, 2.24) is 0 Å². The van der Waals surface area contributed by atoms with E-state index in [2.05, 4.69) is 0 Å². The molecule has 1 aromatic carbocycles. The Morgan fingerprint density at radius 2 is 2.36 bits per heavy atom. The maximum absolute atomic E-state index is 13.0. The lowest BCUT2D eigenvalue weighted by Crippen LogP contribution is -2.02. The Balaban J connectivity index is 2.25. The number of nitrogens with zero attached hydrogens (tertiary/aromatic N) is 1. The Labute approximate surface area is 82.1 Å². The van der Waals surface area contributed by atoms with Gasteiger partial charge in [-0.3, -0.25) is 0 Å². The second-order valence-electron chi connectivity index (χ2n) is 3.69. The molecule has 0 amide bonds. The normalized spacial score (nSPS) is 24.4. The maximum atomic E-state index is 13.0. The molecule has 1 fully saturated rings. The SMILES string of the molecule is N#Cc1cc([C@@H]2C[C@H]2CN)ccc1F. The number of nitrogens with two attached hydrogens (primary N) is 1. The van der Waals surface area contributed by atoms with E-state index in [1.165, 1.54) is 6.07 Å². The van der Waals surface area contributed by atoms with Gasteiger partial charge in [-0.25, -0.2) is 4.39 Å². The van der Waals surface area contributed by atoms with Crippen LogP contribution in [0.15, 0.2) is 18.2 Å². The Hall–Kier alpha value is -1.40. The number of rotatable bonds is 2. The van der Waals surface area contributed by atoms with Crippen molar-refractivity contribution in [2.75, 3.05) is 6.54 Å². The number of nitriles is 1. The van der Waals surface area contributed by atoms with Gasteiger partial charge in [0.05, 0.1) is 5.56 Å². The smallest absolute Gasteiger partial charge is 0.140 e. The van der Waals surface area contributed by atoms with E-state index in [-0.39, 0.29) is 5.56 Å². The van der Waals surface area contributed by atoms with Gasteiger partial charge in [0, 0.05) is 0 Å². The molecule has 0 heterocycles. The predicted molar refractivity (Wildman–Crippen MR) is 51.0 cm³/mol. The van der Waals surface area contributed by atoms with Crippen LogP contribution in [0.3, 0.4) is 0 Å². The van der Waals surface area contributed by atoms with Gasteiger partial charge in [0.25, 0.3) is 0 Å². The van der Waals surface area contributed by atoms with Gasteiger partial charge in [-0.15, -0.1) is 0 Å². The molecule has 72 valence electrons. The molecule has 0 unspecified atom stereocenters. The quantitative estimate of drug-likeness (QED) is 0.772. The van der Waals surface area contributed by atoms with E-state index in [1.807, 2.05) is 6.07 Å². The van der Waals surface area contributed by atoms with Gasteiger partial charge < -0.3 is 5.73 Å². The number of hydrogen-bond acceptors (Lipinski definition) is 2. The monoisotopic (exact) mass is 190 g/mol. The van der Waals surface area contributed by atoms with Crippen molar-refractivity contribution in [1.29, 1.82) is 5.26 Å². The molecule has 14 heavy (non-hydrogen) atoms. The minimum Gasteiger partial charge on any atom is -0.330 e. The lowest BCUT2D eigenvalue weighted by Gasteiger charge is -2.00. The lowest BCUT2D eigenvalue weighted by atomic mass is 10.1. The van der Waals surface area contributed by atoms with E-state index in [9.17, 15) is 4.39 Å². The van der Waals surface area contributed by atoms with Gasteiger partial charge in [0.2, 0.25) is 0 Å². The summed E-state index contributed by atoms with van der Waals surface area (Å²) in [6, 6.07) is 6.59. The molecule has 0 aliphatic heterocycles. The van der Waals surface area contributed by atoms with Crippen LogP contribution in [0.1, 0.15) is 23.5 Å². The zero-order valence-electron chi connectivity index (χ0n) is 7.70. The van der Waals surface area contributed by atoms with E-state index in [0.717, 1.165) is 12.0 Å². The van der Waals surface area contributed by atoms with Crippen molar-refractivity contribution in [2.45, 2.75) is 12.3 Å². The van der Waals surface area contributed by atoms with Gasteiger partial charge in [-0.2, -0.15) is 5.26 Å². The van der Waals surface area contributed by atoms with E-state index in [4.69, 9.17) is 11.0 Å². The van der Waals surface area contributed by atoms with Gasteiger partial charge in [0.15, 0.2) is 0 Å². The lowest BCUT2D eigenvalue weighted by molar-refractivity contribution is 0.622. The Morgan fingerprint density at radius 1 is 1.57 bits per heavy atom. The molecule has 0 aromatic heterocycles. The average molecular weight is 190 g/mol. The summed E-state index contributed by atoms with van der Waals surface area (Å²) in [6.45, 7) is 0.671. The van der Waals surface area contributed by atoms with Gasteiger partial charge in [0.1, 0.15) is 11.9 Å². The molecule has 2 rings (SSSR count). The molecule has 0 saturated heterocycles. The third-order valence-electron chi connectivity index (χ3n) is 2.76. The molecule has 2 atom stereocenters. The predicted octanol–water partition coefficient (Wildman–Crippen LogP) is 1.76. The summed E-state index contributed by atoms with van der Waals surface area (Å²) < 4.78 is 13.0. The molecular formula is C11H11FN2. The van der Waals surface area contributed by atoms with E-state index in [0.29, 0.717) is 18.4 Å². The van der Waals surface area contributed by atoms with Crippen molar-refractivity contribution in [3.8, 4) is 6.07 Å².